The van der Waals surface area contributed by atoms with Crippen molar-refractivity contribution < 1.29 is 9.90 Å². The van der Waals surface area contributed by atoms with Gasteiger partial charge in [-0.05, 0) is 54.0 Å². The summed E-state index contributed by atoms with van der Waals surface area (Å²) >= 11 is 0. The van der Waals surface area contributed by atoms with Gasteiger partial charge < -0.3 is 10.4 Å². The third-order valence-electron chi connectivity index (χ3n) is 4.80. The highest BCUT2D eigenvalue weighted by molar-refractivity contribution is 6.01. The molecule has 2 N–H and O–H groups in total. The average molecular weight is 333 g/mol. The van der Waals surface area contributed by atoms with Crippen molar-refractivity contribution in [3.8, 4) is 0 Å². The van der Waals surface area contributed by atoms with Crippen molar-refractivity contribution in [2.75, 3.05) is 5.32 Å². The van der Waals surface area contributed by atoms with Gasteiger partial charge in [0.15, 0.2) is 0 Å². The molecule has 3 heteroatoms. The molecule has 128 valence electrons. The number of allylic oxidation sites excluding steroid dienone is 5. The zero-order valence-corrected chi connectivity index (χ0v) is 14.6. The van der Waals surface area contributed by atoms with Crippen LogP contribution in [0.25, 0.3) is 10.8 Å². The Morgan fingerprint density at radius 2 is 1.96 bits per heavy atom. The van der Waals surface area contributed by atoms with Crippen LogP contribution in [-0.2, 0) is 4.79 Å². The van der Waals surface area contributed by atoms with Crippen molar-refractivity contribution in [3.05, 3.63) is 77.1 Å². The maximum absolute atomic E-state index is 11.3. The fourth-order valence-electron chi connectivity index (χ4n) is 3.61. The lowest BCUT2D eigenvalue weighted by atomic mass is 9.84. The summed E-state index contributed by atoms with van der Waals surface area (Å²) in [5, 5.41) is 14.9. The Morgan fingerprint density at radius 1 is 1.20 bits per heavy atom. The summed E-state index contributed by atoms with van der Waals surface area (Å²) in [7, 11) is 0. The van der Waals surface area contributed by atoms with Crippen LogP contribution in [0, 0.1) is 6.92 Å². The number of aliphatic hydroxyl groups is 1. The zero-order chi connectivity index (χ0) is 17.8. The van der Waals surface area contributed by atoms with Crippen LogP contribution in [-0.4, -0.2) is 11.5 Å². The van der Waals surface area contributed by atoms with Crippen LogP contribution in [0.1, 0.15) is 36.8 Å². The Balaban J connectivity index is 2.18. The molecule has 1 aliphatic rings. The summed E-state index contributed by atoms with van der Waals surface area (Å²) in [6.07, 6.45) is 10.0. The number of anilines is 1. The minimum atomic E-state index is 0.154. The second kappa shape index (κ2) is 7.39. The lowest BCUT2D eigenvalue weighted by Gasteiger charge is -2.23. The monoisotopic (exact) mass is 333 g/mol. The Labute approximate surface area is 148 Å². The van der Waals surface area contributed by atoms with Crippen LogP contribution < -0.4 is 5.32 Å². The molecule has 2 aromatic rings. The molecule has 0 radical (unpaired) electrons. The van der Waals surface area contributed by atoms with E-state index in [1.807, 2.05) is 18.2 Å². The molecule has 3 rings (SSSR count). The summed E-state index contributed by atoms with van der Waals surface area (Å²) in [5.74, 6) is 0.448. The molecule has 0 aromatic heterocycles. The second-order valence-electron chi connectivity index (χ2n) is 6.33. The van der Waals surface area contributed by atoms with Gasteiger partial charge in [-0.15, -0.1) is 0 Å². The summed E-state index contributed by atoms with van der Waals surface area (Å²) < 4.78 is 0. The molecule has 1 aliphatic carbocycles. The van der Waals surface area contributed by atoms with Crippen LogP contribution in [0.15, 0.2) is 66.0 Å². The molecular formula is C22H23NO2. The van der Waals surface area contributed by atoms with Gasteiger partial charge in [0, 0.05) is 11.3 Å². The van der Waals surface area contributed by atoms with Gasteiger partial charge in [0.1, 0.15) is 5.76 Å². The van der Waals surface area contributed by atoms with Crippen molar-refractivity contribution >= 4 is 22.9 Å². The number of carbonyl (C=O) groups excluding carboxylic acids is 1. The highest BCUT2D eigenvalue weighted by Crippen LogP contribution is 2.39. The smallest absolute Gasteiger partial charge is 0.211 e. The third kappa shape index (κ3) is 3.36. The summed E-state index contributed by atoms with van der Waals surface area (Å²) in [6.45, 7) is 4.25. The quantitative estimate of drug-likeness (QED) is 0.706. The summed E-state index contributed by atoms with van der Waals surface area (Å²) in [6, 6.07) is 10.3. The molecule has 0 aliphatic heterocycles. The predicted molar refractivity (Wildman–Crippen MR) is 104 cm³/mol. The second-order valence-corrected chi connectivity index (χ2v) is 6.33. The molecule has 1 atom stereocenters. The largest absolute Gasteiger partial charge is 0.508 e. The first-order valence-corrected chi connectivity index (χ1v) is 8.65. The van der Waals surface area contributed by atoms with Crippen molar-refractivity contribution in [3.63, 3.8) is 0 Å². The van der Waals surface area contributed by atoms with E-state index >= 15 is 0 Å². The van der Waals surface area contributed by atoms with Crippen molar-refractivity contribution in [2.24, 2.45) is 0 Å². The number of aryl methyl sites for hydroxylation is 1. The molecule has 0 saturated heterocycles. The Bertz CT molecular complexity index is 890. The van der Waals surface area contributed by atoms with Gasteiger partial charge in [-0.25, -0.2) is 0 Å². The molecule has 25 heavy (non-hydrogen) atoms. The van der Waals surface area contributed by atoms with Crippen LogP contribution in [0.2, 0.25) is 0 Å². The Hall–Kier alpha value is -2.81. The molecule has 0 saturated carbocycles. The molecule has 3 nitrogen and oxygen atoms in total. The molecule has 2 aromatic carbocycles. The molecule has 1 unspecified atom stereocenters. The van der Waals surface area contributed by atoms with Gasteiger partial charge in [0.05, 0.1) is 5.69 Å². The van der Waals surface area contributed by atoms with E-state index < -0.39 is 0 Å². The van der Waals surface area contributed by atoms with E-state index in [0.29, 0.717) is 12.2 Å². The number of hydrogen-bond donors (Lipinski definition) is 2. The van der Waals surface area contributed by atoms with E-state index in [1.54, 1.807) is 12.2 Å². The van der Waals surface area contributed by atoms with Gasteiger partial charge in [-0.3, -0.25) is 4.79 Å². The fraction of sp³-hybridized carbons (Fsp3) is 0.227. The van der Waals surface area contributed by atoms with Gasteiger partial charge in [0.2, 0.25) is 6.41 Å². The van der Waals surface area contributed by atoms with Gasteiger partial charge >= 0.3 is 0 Å². The number of rotatable bonds is 5. The highest BCUT2D eigenvalue weighted by Gasteiger charge is 2.20. The number of benzene rings is 2. The topological polar surface area (TPSA) is 49.3 Å². The van der Waals surface area contributed by atoms with Gasteiger partial charge in [-0.2, -0.15) is 0 Å². The number of carbonyl (C=O) groups is 1. The minimum Gasteiger partial charge on any atom is -0.508 e. The van der Waals surface area contributed by atoms with Crippen molar-refractivity contribution in [1.82, 2.24) is 0 Å². The molecule has 0 bridgehead atoms. The van der Waals surface area contributed by atoms with Crippen LogP contribution in [0.3, 0.4) is 0 Å². The average Bonchev–Trinajstić information content (AvgIpc) is 2.84. The number of nitrogens with one attached hydrogen (secondary N) is 1. The first-order chi connectivity index (χ1) is 12.2. The van der Waals surface area contributed by atoms with E-state index in [1.165, 1.54) is 5.56 Å². The van der Waals surface area contributed by atoms with Gasteiger partial charge in [0.25, 0.3) is 0 Å². The van der Waals surface area contributed by atoms with Crippen molar-refractivity contribution in [1.29, 1.82) is 0 Å². The van der Waals surface area contributed by atoms with E-state index in [4.69, 9.17) is 0 Å². The first-order valence-electron chi connectivity index (χ1n) is 8.65. The minimum absolute atomic E-state index is 0.154. The number of aliphatic hydroxyl groups excluding tert-OH is 1. The van der Waals surface area contributed by atoms with Gasteiger partial charge in [-0.1, -0.05) is 49.4 Å². The molecule has 1 amide bonds. The zero-order valence-electron chi connectivity index (χ0n) is 14.6. The first kappa shape index (κ1) is 17.0. The lowest BCUT2D eigenvalue weighted by Crippen LogP contribution is -2.07. The fourth-order valence-corrected chi connectivity index (χ4v) is 3.61. The number of hydrogen-bond acceptors (Lipinski definition) is 2. The number of fused-ring (bicyclic) bond motifs is 1. The van der Waals surface area contributed by atoms with E-state index in [2.05, 4.69) is 43.4 Å². The molecule has 0 fully saturated rings. The van der Waals surface area contributed by atoms with E-state index in [9.17, 15) is 9.90 Å². The molecule has 0 heterocycles. The molecular weight excluding hydrogens is 310 g/mol. The maximum atomic E-state index is 11.3. The third-order valence-corrected chi connectivity index (χ3v) is 4.80. The standard InChI is InChI=1S/C22H23NO2/c1-3-18(16-7-6-8-17(25)12-11-16)21-13-15(2)19-9-4-5-10-20(19)22(21)23-14-24/h4-5,7-14,18,25H,3,6H2,1-2H3,(H,23,24). The Kier molecular flexibility index (Phi) is 5.03. The van der Waals surface area contributed by atoms with Crippen LogP contribution in [0.5, 0.6) is 0 Å². The lowest BCUT2D eigenvalue weighted by molar-refractivity contribution is -0.105. The normalized spacial score (nSPS) is 15.3. The van der Waals surface area contributed by atoms with E-state index in [-0.39, 0.29) is 5.92 Å². The highest BCUT2D eigenvalue weighted by atomic mass is 16.3. The molecule has 0 spiro atoms. The van der Waals surface area contributed by atoms with Crippen LogP contribution in [0.4, 0.5) is 5.69 Å². The van der Waals surface area contributed by atoms with Crippen molar-refractivity contribution in [2.45, 2.75) is 32.6 Å². The number of amides is 1. The van der Waals surface area contributed by atoms with Crippen LogP contribution >= 0.6 is 0 Å². The SMILES string of the molecule is CCC(C1=CCC=C(O)C=C1)c1cc(C)c2ccccc2c1NC=O. The summed E-state index contributed by atoms with van der Waals surface area (Å²) in [4.78, 5) is 11.3. The predicted octanol–water partition coefficient (Wildman–Crippen LogP) is 5.54. The summed E-state index contributed by atoms with van der Waals surface area (Å²) in [5.41, 5.74) is 4.34. The maximum Gasteiger partial charge on any atom is 0.211 e. The Morgan fingerprint density at radius 3 is 2.68 bits per heavy atom. The van der Waals surface area contributed by atoms with E-state index in [0.717, 1.165) is 40.4 Å².